The van der Waals surface area contributed by atoms with Crippen LogP contribution in [-0.2, 0) is 4.74 Å². The van der Waals surface area contributed by atoms with Crippen LogP contribution < -0.4 is 10.6 Å². The molecule has 3 N–H and O–H groups in total. The summed E-state index contributed by atoms with van der Waals surface area (Å²) in [5, 5.41) is 11.6. The number of anilines is 1. The normalized spacial score (nSPS) is 17.3. The maximum absolute atomic E-state index is 14.5. The van der Waals surface area contributed by atoms with Gasteiger partial charge in [-0.25, -0.2) is 4.39 Å². The molecule has 0 unspecified atom stereocenters. The molecule has 0 bridgehead atoms. The third-order valence-electron chi connectivity index (χ3n) is 3.80. The van der Waals surface area contributed by atoms with Gasteiger partial charge in [0.2, 0.25) is 0 Å². The van der Waals surface area contributed by atoms with Crippen LogP contribution in [0.2, 0.25) is 0 Å². The van der Waals surface area contributed by atoms with Crippen molar-refractivity contribution in [2.24, 2.45) is 16.8 Å². The van der Waals surface area contributed by atoms with Crippen molar-refractivity contribution in [1.29, 1.82) is 0 Å². The standard InChI is InChI=1S/C14H19BrFN3O2/c1-21-8-9-4-6-19(7-5-9)11-3-2-10(14(17)18-20)12(15)13(11)16/h2-3,9,20H,4-8H2,1H3,(H2,17,18). The second-order valence-corrected chi connectivity index (χ2v) is 5.92. The highest BCUT2D eigenvalue weighted by Crippen LogP contribution is 2.32. The summed E-state index contributed by atoms with van der Waals surface area (Å²) in [7, 11) is 1.70. The van der Waals surface area contributed by atoms with Crippen molar-refractivity contribution in [2.45, 2.75) is 12.8 Å². The Morgan fingerprint density at radius 3 is 2.76 bits per heavy atom. The summed E-state index contributed by atoms with van der Waals surface area (Å²) < 4.78 is 19.9. The molecule has 2 rings (SSSR count). The average molecular weight is 360 g/mol. The molecule has 5 nitrogen and oxygen atoms in total. The van der Waals surface area contributed by atoms with E-state index in [0.717, 1.165) is 32.5 Å². The first kappa shape index (κ1) is 16.0. The predicted molar refractivity (Wildman–Crippen MR) is 83.4 cm³/mol. The number of halogens is 2. The third kappa shape index (κ3) is 3.47. The Bertz CT molecular complexity index is 531. The molecule has 0 saturated carbocycles. The Morgan fingerprint density at radius 1 is 1.52 bits per heavy atom. The fraction of sp³-hybridized carbons (Fsp3) is 0.500. The zero-order valence-corrected chi connectivity index (χ0v) is 13.4. The van der Waals surface area contributed by atoms with Gasteiger partial charge in [-0.05, 0) is 46.8 Å². The molecule has 1 saturated heterocycles. The van der Waals surface area contributed by atoms with Crippen molar-refractivity contribution in [3.63, 3.8) is 0 Å². The van der Waals surface area contributed by atoms with Crippen molar-refractivity contribution < 1.29 is 14.3 Å². The van der Waals surface area contributed by atoms with Crippen LogP contribution in [-0.4, -0.2) is 37.8 Å². The van der Waals surface area contributed by atoms with Crippen LogP contribution in [0.1, 0.15) is 18.4 Å². The number of amidine groups is 1. The fourth-order valence-corrected chi connectivity index (χ4v) is 3.15. The van der Waals surface area contributed by atoms with Crippen molar-refractivity contribution in [3.05, 3.63) is 28.0 Å². The second-order valence-electron chi connectivity index (χ2n) is 5.13. The molecular formula is C14H19BrFN3O2. The van der Waals surface area contributed by atoms with Crippen LogP contribution in [0.25, 0.3) is 0 Å². The largest absolute Gasteiger partial charge is 0.409 e. The quantitative estimate of drug-likeness (QED) is 0.375. The minimum atomic E-state index is -0.385. The Balaban J connectivity index is 2.17. The average Bonchev–Trinajstić information content (AvgIpc) is 2.50. The van der Waals surface area contributed by atoms with Crippen molar-refractivity contribution >= 4 is 27.5 Å². The Kier molecular flexibility index (Phi) is 5.41. The van der Waals surface area contributed by atoms with Crippen LogP contribution in [0.4, 0.5) is 10.1 Å². The number of oxime groups is 1. The molecule has 21 heavy (non-hydrogen) atoms. The lowest BCUT2D eigenvalue weighted by Gasteiger charge is -2.33. The van der Waals surface area contributed by atoms with Gasteiger partial charge >= 0.3 is 0 Å². The molecule has 0 aromatic heterocycles. The van der Waals surface area contributed by atoms with Crippen LogP contribution in [0.3, 0.4) is 0 Å². The number of hydrogen-bond donors (Lipinski definition) is 2. The molecule has 1 aliphatic heterocycles. The van der Waals surface area contributed by atoms with Gasteiger partial charge in [0, 0.05) is 32.4 Å². The van der Waals surface area contributed by atoms with E-state index >= 15 is 0 Å². The highest BCUT2D eigenvalue weighted by molar-refractivity contribution is 9.10. The zero-order valence-electron chi connectivity index (χ0n) is 11.9. The van der Waals surface area contributed by atoms with Crippen LogP contribution in [0.15, 0.2) is 21.8 Å². The van der Waals surface area contributed by atoms with E-state index in [1.54, 1.807) is 19.2 Å². The zero-order chi connectivity index (χ0) is 15.4. The molecule has 1 aromatic carbocycles. The maximum atomic E-state index is 14.5. The summed E-state index contributed by atoms with van der Waals surface area (Å²) in [6.07, 6.45) is 1.96. The van der Waals surface area contributed by atoms with E-state index in [1.807, 2.05) is 4.90 Å². The second kappa shape index (κ2) is 7.09. The number of rotatable bonds is 4. The summed E-state index contributed by atoms with van der Waals surface area (Å²) in [6, 6.07) is 3.32. The van der Waals surface area contributed by atoms with Crippen molar-refractivity contribution in [3.8, 4) is 0 Å². The number of piperidine rings is 1. The monoisotopic (exact) mass is 359 g/mol. The van der Waals surface area contributed by atoms with Gasteiger partial charge in [0.25, 0.3) is 0 Å². The topological polar surface area (TPSA) is 71.1 Å². The molecule has 0 radical (unpaired) electrons. The Labute approximate surface area is 131 Å². The first-order valence-electron chi connectivity index (χ1n) is 6.78. The van der Waals surface area contributed by atoms with Crippen molar-refractivity contribution in [2.75, 3.05) is 31.7 Å². The van der Waals surface area contributed by atoms with Gasteiger partial charge in [-0.2, -0.15) is 0 Å². The van der Waals surface area contributed by atoms with E-state index in [1.165, 1.54) is 0 Å². The minimum absolute atomic E-state index is 0.119. The van der Waals surface area contributed by atoms with E-state index in [4.69, 9.17) is 15.7 Å². The van der Waals surface area contributed by atoms with Crippen LogP contribution in [0, 0.1) is 11.7 Å². The van der Waals surface area contributed by atoms with E-state index in [2.05, 4.69) is 21.1 Å². The highest BCUT2D eigenvalue weighted by Gasteiger charge is 2.23. The van der Waals surface area contributed by atoms with E-state index < -0.39 is 0 Å². The van der Waals surface area contributed by atoms with Crippen molar-refractivity contribution in [1.82, 2.24) is 0 Å². The lowest BCUT2D eigenvalue weighted by Crippen LogP contribution is -2.35. The van der Waals surface area contributed by atoms with E-state index in [0.29, 0.717) is 17.2 Å². The number of benzene rings is 1. The van der Waals surface area contributed by atoms with Gasteiger partial charge < -0.3 is 20.6 Å². The number of methoxy groups -OCH3 is 1. The van der Waals surface area contributed by atoms with Crippen LogP contribution >= 0.6 is 15.9 Å². The van der Waals surface area contributed by atoms with E-state index in [-0.39, 0.29) is 16.1 Å². The molecule has 1 aromatic rings. The summed E-state index contributed by atoms with van der Waals surface area (Å²) >= 11 is 3.18. The van der Waals surface area contributed by atoms with E-state index in [9.17, 15) is 4.39 Å². The molecule has 0 spiro atoms. The summed E-state index contributed by atoms with van der Waals surface area (Å²) in [5.74, 6) is 0.0320. The molecule has 0 amide bonds. The number of nitrogens with two attached hydrogens (primary N) is 1. The molecule has 1 heterocycles. The van der Waals surface area contributed by atoms with Gasteiger partial charge in [0.05, 0.1) is 10.2 Å². The molecule has 0 atom stereocenters. The predicted octanol–water partition coefficient (Wildman–Crippen LogP) is 2.55. The molecule has 0 aliphatic carbocycles. The lowest BCUT2D eigenvalue weighted by molar-refractivity contribution is 0.139. The third-order valence-corrected chi connectivity index (χ3v) is 4.58. The first-order chi connectivity index (χ1) is 10.1. The molecule has 1 fully saturated rings. The highest BCUT2D eigenvalue weighted by atomic mass is 79.9. The van der Waals surface area contributed by atoms with Gasteiger partial charge in [-0.3, -0.25) is 0 Å². The minimum Gasteiger partial charge on any atom is -0.409 e. The number of ether oxygens (including phenoxy) is 1. The SMILES string of the molecule is COCC1CCN(c2ccc(/C(N)=N/O)c(Br)c2F)CC1. The molecule has 7 heteroatoms. The number of hydrogen-bond acceptors (Lipinski definition) is 4. The van der Waals surface area contributed by atoms with Gasteiger partial charge in [0.1, 0.15) is 0 Å². The van der Waals surface area contributed by atoms with Crippen LogP contribution in [0.5, 0.6) is 0 Å². The fourth-order valence-electron chi connectivity index (χ4n) is 2.61. The number of nitrogens with zero attached hydrogens (tertiary/aromatic N) is 2. The summed E-state index contributed by atoms with van der Waals surface area (Å²) in [6.45, 7) is 2.34. The Morgan fingerprint density at radius 2 is 2.19 bits per heavy atom. The molecule has 116 valence electrons. The smallest absolute Gasteiger partial charge is 0.171 e. The van der Waals surface area contributed by atoms with Gasteiger partial charge in [-0.15, -0.1) is 0 Å². The van der Waals surface area contributed by atoms with Gasteiger partial charge in [0.15, 0.2) is 11.7 Å². The maximum Gasteiger partial charge on any atom is 0.171 e. The van der Waals surface area contributed by atoms with Gasteiger partial charge in [-0.1, -0.05) is 5.16 Å². The molecular weight excluding hydrogens is 341 g/mol. The summed E-state index contributed by atoms with van der Waals surface area (Å²) in [5.41, 5.74) is 6.40. The molecule has 1 aliphatic rings. The first-order valence-corrected chi connectivity index (χ1v) is 7.57. The lowest BCUT2D eigenvalue weighted by atomic mass is 9.97. The Hall–Kier alpha value is -1.34. The summed E-state index contributed by atoms with van der Waals surface area (Å²) in [4.78, 5) is 2.02.